The van der Waals surface area contributed by atoms with Crippen LogP contribution in [0.15, 0.2) is 30.4 Å². The van der Waals surface area contributed by atoms with E-state index in [0.29, 0.717) is 6.04 Å². The fraction of sp³-hybridized carbons (Fsp3) is 0.609. The molecule has 146 valence electrons. The fourth-order valence-corrected chi connectivity index (χ4v) is 6.36. The van der Waals surface area contributed by atoms with Gasteiger partial charge >= 0.3 is 5.97 Å². The highest BCUT2D eigenvalue weighted by atomic mass is 16.5. The molecule has 2 aliphatic heterocycles. The summed E-state index contributed by atoms with van der Waals surface area (Å²) in [6.45, 7) is 8.10. The maximum atomic E-state index is 11.8. The summed E-state index contributed by atoms with van der Waals surface area (Å²) in [5.74, 6) is 0.755. The topological polar surface area (TPSA) is 38.8 Å². The van der Waals surface area contributed by atoms with Crippen LogP contribution < -0.4 is 4.74 Å². The van der Waals surface area contributed by atoms with Crippen LogP contribution in [0, 0.1) is 12.3 Å². The number of methoxy groups -OCH3 is 1. The molecule has 4 heteroatoms. The molecule has 4 nitrogen and oxygen atoms in total. The number of esters is 1. The van der Waals surface area contributed by atoms with Crippen LogP contribution in [-0.2, 0) is 14.9 Å². The standard InChI is InChI=1S/C23H31NO3/c1-5-22-10-6-13-24-14-12-23(21(22)24,11-9-20(22)27-17(3)25)19-8-7-18(26-4)15-16(19)2/h6-8,10,15,20-21H,5,9,11-14H2,1-4H3/t20?,21?,22-,23-/m0/s1. The minimum Gasteiger partial charge on any atom is -0.497 e. The van der Waals surface area contributed by atoms with Crippen LogP contribution in [0.4, 0.5) is 0 Å². The lowest BCUT2D eigenvalue weighted by atomic mass is 9.53. The molecule has 1 aliphatic carbocycles. The number of rotatable bonds is 4. The third kappa shape index (κ3) is 2.64. The lowest BCUT2D eigenvalue weighted by Crippen LogP contribution is -2.63. The van der Waals surface area contributed by atoms with Crippen LogP contribution in [0.2, 0.25) is 0 Å². The molecule has 0 bridgehead atoms. The number of benzene rings is 1. The highest BCUT2D eigenvalue weighted by molar-refractivity contribution is 5.66. The first-order valence-corrected chi connectivity index (χ1v) is 10.2. The van der Waals surface area contributed by atoms with Gasteiger partial charge in [0.25, 0.3) is 0 Å². The molecule has 2 unspecified atom stereocenters. The van der Waals surface area contributed by atoms with E-state index in [1.165, 1.54) is 24.5 Å². The third-order valence-corrected chi connectivity index (χ3v) is 7.35. The minimum atomic E-state index is -0.163. The Morgan fingerprint density at radius 3 is 2.81 bits per heavy atom. The van der Waals surface area contributed by atoms with E-state index in [-0.39, 0.29) is 22.9 Å². The zero-order valence-corrected chi connectivity index (χ0v) is 17.0. The highest BCUT2D eigenvalue weighted by Crippen LogP contribution is 2.60. The van der Waals surface area contributed by atoms with Crippen molar-refractivity contribution < 1.29 is 14.3 Å². The molecule has 0 aromatic heterocycles. The van der Waals surface area contributed by atoms with Crippen molar-refractivity contribution in [2.45, 2.75) is 64.0 Å². The smallest absolute Gasteiger partial charge is 0.302 e. The molecule has 1 aromatic carbocycles. The summed E-state index contributed by atoms with van der Waals surface area (Å²) in [5.41, 5.74) is 2.77. The third-order valence-electron chi connectivity index (χ3n) is 7.35. The molecule has 1 saturated heterocycles. The summed E-state index contributed by atoms with van der Waals surface area (Å²) in [5, 5.41) is 0. The van der Waals surface area contributed by atoms with Crippen molar-refractivity contribution >= 4 is 5.97 Å². The van der Waals surface area contributed by atoms with E-state index < -0.39 is 0 Å². The molecule has 2 heterocycles. The Labute approximate surface area is 162 Å². The molecule has 1 saturated carbocycles. The molecule has 0 amide bonds. The Kier molecular flexibility index (Phi) is 4.58. The van der Waals surface area contributed by atoms with Gasteiger partial charge in [-0.1, -0.05) is 25.1 Å². The van der Waals surface area contributed by atoms with E-state index in [9.17, 15) is 4.79 Å². The quantitative estimate of drug-likeness (QED) is 0.594. The zero-order chi connectivity index (χ0) is 19.2. The van der Waals surface area contributed by atoms with Crippen LogP contribution in [0.3, 0.4) is 0 Å². The normalized spacial score (nSPS) is 35.0. The van der Waals surface area contributed by atoms with Gasteiger partial charge < -0.3 is 9.47 Å². The Balaban J connectivity index is 1.84. The number of nitrogens with zero attached hydrogens (tertiary/aromatic N) is 1. The SMILES string of the molecule is CC[C@]12C=CCN3CC[C@](c4ccc(OC)cc4C)(CCC1OC(C)=O)C32. The molecule has 0 radical (unpaired) electrons. The molecule has 3 aliphatic rings. The Morgan fingerprint density at radius 1 is 1.33 bits per heavy atom. The maximum Gasteiger partial charge on any atom is 0.302 e. The average Bonchev–Trinajstić information content (AvgIpc) is 3.05. The summed E-state index contributed by atoms with van der Waals surface area (Å²) >= 11 is 0. The van der Waals surface area contributed by atoms with Gasteiger partial charge in [-0.05, 0) is 62.4 Å². The first-order chi connectivity index (χ1) is 13.0. The van der Waals surface area contributed by atoms with Gasteiger partial charge in [0.1, 0.15) is 11.9 Å². The van der Waals surface area contributed by atoms with Gasteiger partial charge in [0.2, 0.25) is 0 Å². The monoisotopic (exact) mass is 369 g/mol. The van der Waals surface area contributed by atoms with Crippen LogP contribution in [0.1, 0.15) is 50.7 Å². The largest absolute Gasteiger partial charge is 0.497 e. The molecular formula is C23H31NO3. The zero-order valence-electron chi connectivity index (χ0n) is 17.0. The van der Waals surface area contributed by atoms with Gasteiger partial charge in [-0.25, -0.2) is 0 Å². The second-order valence-corrected chi connectivity index (χ2v) is 8.49. The van der Waals surface area contributed by atoms with E-state index in [2.05, 4.69) is 49.1 Å². The second-order valence-electron chi connectivity index (χ2n) is 8.49. The summed E-state index contributed by atoms with van der Waals surface area (Å²) in [4.78, 5) is 14.5. The van der Waals surface area contributed by atoms with Gasteiger partial charge in [-0.15, -0.1) is 0 Å². The van der Waals surface area contributed by atoms with E-state index in [1.807, 2.05) is 0 Å². The Morgan fingerprint density at radius 2 is 2.15 bits per heavy atom. The van der Waals surface area contributed by atoms with Crippen molar-refractivity contribution in [3.05, 3.63) is 41.5 Å². The lowest BCUT2D eigenvalue weighted by molar-refractivity contribution is -0.161. The number of carbonyl (C=O) groups excluding carboxylic acids is 1. The molecule has 4 rings (SSSR count). The maximum absolute atomic E-state index is 11.8. The van der Waals surface area contributed by atoms with Crippen molar-refractivity contribution in [1.82, 2.24) is 4.90 Å². The van der Waals surface area contributed by atoms with Gasteiger partial charge in [-0.2, -0.15) is 0 Å². The number of ether oxygens (including phenoxy) is 2. The number of aryl methyl sites for hydroxylation is 1. The van der Waals surface area contributed by atoms with Crippen LogP contribution in [0.5, 0.6) is 5.75 Å². The van der Waals surface area contributed by atoms with Crippen molar-refractivity contribution in [2.24, 2.45) is 5.41 Å². The molecule has 0 N–H and O–H groups in total. The van der Waals surface area contributed by atoms with Gasteiger partial charge in [-0.3, -0.25) is 9.69 Å². The van der Waals surface area contributed by atoms with Gasteiger partial charge in [0.05, 0.1) is 7.11 Å². The fourth-order valence-electron chi connectivity index (χ4n) is 6.36. The molecule has 27 heavy (non-hydrogen) atoms. The van der Waals surface area contributed by atoms with Gasteiger partial charge in [0.15, 0.2) is 0 Å². The molecule has 0 spiro atoms. The predicted molar refractivity (Wildman–Crippen MR) is 106 cm³/mol. The van der Waals surface area contributed by atoms with Gasteiger partial charge in [0, 0.05) is 30.3 Å². The second kappa shape index (κ2) is 6.66. The first-order valence-electron chi connectivity index (χ1n) is 10.2. The first kappa shape index (κ1) is 18.5. The van der Waals surface area contributed by atoms with E-state index in [1.54, 1.807) is 7.11 Å². The molecular weight excluding hydrogens is 338 g/mol. The molecule has 4 atom stereocenters. The van der Waals surface area contributed by atoms with E-state index in [4.69, 9.17) is 9.47 Å². The average molecular weight is 370 g/mol. The van der Waals surface area contributed by atoms with Crippen LogP contribution >= 0.6 is 0 Å². The number of carbonyl (C=O) groups is 1. The van der Waals surface area contributed by atoms with Crippen molar-refractivity contribution in [3.63, 3.8) is 0 Å². The Hall–Kier alpha value is -1.81. The number of hydrogen-bond donors (Lipinski definition) is 0. The summed E-state index contributed by atoms with van der Waals surface area (Å²) in [6.07, 6.45) is 8.77. The van der Waals surface area contributed by atoms with Crippen molar-refractivity contribution in [3.8, 4) is 5.75 Å². The molecule has 2 fully saturated rings. The Bertz CT molecular complexity index is 773. The number of hydrogen-bond acceptors (Lipinski definition) is 4. The summed E-state index contributed by atoms with van der Waals surface area (Å²) in [7, 11) is 1.72. The molecule has 1 aromatic rings. The lowest BCUT2D eigenvalue weighted by Gasteiger charge is -2.57. The summed E-state index contributed by atoms with van der Waals surface area (Å²) in [6, 6.07) is 6.93. The van der Waals surface area contributed by atoms with E-state index in [0.717, 1.165) is 38.1 Å². The van der Waals surface area contributed by atoms with Crippen LogP contribution in [-0.4, -0.2) is 43.2 Å². The van der Waals surface area contributed by atoms with Crippen molar-refractivity contribution in [2.75, 3.05) is 20.2 Å². The van der Waals surface area contributed by atoms with Crippen LogP contribution in [0.25, 0.3) is 0 Å². The van der Waals surface area contributed by atoms with Crippen molar-refractivity contribution in [1.29, 1.82) is 0 Å². The van der Waals surface area contributed by atoms with E-state index >= 15 is 0 Å². The predicted octanol–water partition coefficient (Wildman–Crippen LogP) is 4.01. The summed E-state index contributed by atoms with van der Waals surface area (Å²) < 4.78 is 11.3. The highest BCUT2D eigenvalue weighted by Gasteiger charge is 2.63. The minimum absolute atomic E-state index is 0.0335.